The third kappa shape index (κ3) is 5.44. The largest absolute Gasteiger partial charge is 0.487 e. The van der Waals surface area contributed by atoms with Crippen LogP contribution in [0.15, 0.2) is 47.5 Å². The number of nitrogens with zero attached hydrogens (tertiary/aromatic N) is 3. The van der Waals surface area contributed by atoms with Crippen molar-refractivity contribution >= 4 is 28.8 Å². The summed E-state index contributed by atoms with van der Waals surface area (Å²) in [5.74, 6) is 0.256. The van der Waals surface area contributed by atoms with Gasteiger partial charge in [-0.25, -0.2) is 4.98 Å². The summed E-state index contributed by atoms with van der Waals surface area (Å²) in [4.78, 5) is 28.9. The lowest BCUT2D eigenvalue weighted by atomic mass is 10.2. The van der Waals surface area contributed by atoms with Crippen LogP contribution in [0.3, 0.4) is 0 Å². The number of hydrogen-bond acceptors (Lipinski definition) is 6. The number of nitrogens with one attached hydrogen (secondary N) is 2. The minimum atomic E-state index is -0.274. The Kier molecular flexibility index (Phi) is 6.38. The predicted octanol–water partition coefficient (Wildman–Crippen LogP) is 3.23. The third-order valence-electron chi connectivity index (χ3n) is 4.88. The standard InChI is InChI=1S/C21H23N5O3S/c27-20(24-16-5-1-2-6-16)11-26-10-17(9-23-26)25-21(28)15-4-3-7-19(8-15)29-12-18-13-30-14-22-18/h3-4,7-10,13-14,16H,1-2,5-6,11-12H2,(H,24,27)(H,25,28). The number of anilines is 1. The molecule has 2 aromatic heterocycles. The van der Waals surface area contributed by atoms with E-state index in [1.807, 2.05) is 5.38 Å². The Morgan fingerprint density at radius 3 is 2.93 bits per heavy atom. The summed E-state index contributed by atoms with van der Waals surface area (Å²) in [6.07, 6.45) is 7.59. The van der Waals surface area contributed by atoms with Crippen LogP contribution < -0.4 is 15.4 Å². The number of hydrogen-bond donors (Lipinski definition) is 2. The second-order valence-electron chi connectivity index (χ2n) is 7.23. The second-order valence-corrected chi connectivity index (χ2v) is 7.94. The molecule has 2 amide bonds. The maximum absolute atomic E-state index is 12.6. The van der Waals surface area contributed by atoms with Crippen molar-refractivity contribution in [3.05, 3.63) is 58.8 Å². The van der Waals surface area contributed by atoms with Crippen LogP contribution in [0.5, 0.6) is 5.75 Å². The van der Waals surface area contributed by atoms with Crippen molar-refractivity contribution in [2.24, 2.45) is 0 Å². The van der Waals surface area contributed by atoms with Crippen LogP contribution in [-0.2, 0) is 17.9 Å². The predicted molar refractivity (Wildman–Crippen MR) is 113 cm³/mol. The van der Waals surface area contributed by atoms with E-state index in [9.17, 15) is 9.59 Å². The second kappa shape index (κ2) is 9.53. The van der Waals surface area contributed by atoms with Gasteiger partial charge in [0.25, 0.3) is 5.91 Å². The SMILES string of the molecule is O=C(Cn1cc(NC(=O)c2cccc(OCc3cscn3)c2)cn1)NC1CCCC1. The van der Waals surface area contributed by atoms with Crippen LogP contribution in [0.4, 0.5) is 5.69 Å². The summed E-state index contributed by atoms with van der Waals surface area (Å²) in [6, 6.07) is 7.23. The zero-order chi connectivity index (χ0) is 20.8. The molecular weight excluding hydrogens is 402 g/mol. The molecule has 2 heterocycles. The Balaban J connectivity index is 1.30. The van der Waals surface area contributed by atoms with Gasteiger partial charge in [0.2, 0.25) is 5.91 Å². The Bertz CT molecular complexity index is 996. The van der Waals surface area contributed by atoms with Crippen molar-refractivity contribution in [3.63, 3.8) is 0 Å². The Hall–Kier alpha value is -3.20. The lowest BCUT2D eigenvalue weighted by Crippen LogP contribution is -2.35. The van der Waals surface area contributed by atoms with Crippen molar-refractivity contribution in [3.8, 4) is 5.75 Å². The van der Waals surface area contributed by atoms with Gasteiger partial charge in [-0.1, -0.05) is 18.9 Å². The van der Waals surface area contributed by atoms with Crippen molar-refractivity contribution in [2.45, 2.75) is 44.9 Å². The number of aromatic nitrogens is 3. The van der Waals surface area contributed by atoms with E-state index in [1.165, 1.54) is 35.1 Å². The maximum atomic E-state index is 12.6. The van der Waals surface area contributed by atoms with Crippen LogP contribution in [0, 0.1) is 0 Å². The normalized spacial score (nSPS) is 13.9. The van der Waals surface area contributed by atoms with Crippen LogP contribution in [0.2, 0.25) is 0 Å². The molecule has 0 radical (unpaired) electrons. The highest BCUT2D eigenvalue weighted by Gasteiger charge is 2.17. The van der Waals surface area contributed by atoms with Crippen molar-refractivity contribution in [1.82, 2.24) is 20.1 Å². The number of carbonyl (C=O) groups is 2. The summed E-state index contributed by atoms with van der Waals surface area (Å²) in [7, 11) is 0. The zero-order valence-corrected chi connectivity index (χ0v) is 17.2. The molecule has 8 nitrogen and oxygen atoms in total. The van der Waals surface area contributed by atoms with E-state index >= 15 is 0 Å². The molecule has 0 bridgehead atoms. The molecule has 1 aliphatic rings. The van der Waals surface area contributed by atoms with Gasteiger partial charge < -0.3 is 15.4 Å². The number of amides is 2. The molecule has 2 N–H and O–H groups in total. The summed E-state index contributed by atoms with van der Waals surface area (Å²) >= 11 is 1.51. The van der Waals surface area contributed by atoms with E-state index in [-0.39, 0.29) is 24.4 Å². The number of rotatable bonds is 8. The molecule has 9 heteroatoms. The lowest BCUT2D eigenvalue weighted by Gasteiger charge is -2.11. The molecule has 0 aliphatic heterocycles. The fraction of sp³-hybridized carbons (Fsp3) is 0.333. The monoisotopic (exact) mass is 425 g/mol. The van der Waals surface area contributed by atoms with Crippen LogP contribution in [0.1, 0.15) is 41.7 Å². The van der Waals surface area contributed by atoms with E-state index in [1.54, 1.807) is 36.0 Å². The first-order valence-electron chi connectivity index (χ1n) is 9.89. The molecule has 0 spiro atoms. The highest BCUT2D eigenvalue weighted by molar-refractivity contribution is 7.07. The van der Waals surface area contributed by atoms with Gasteiger partial charge >= 0.3 is 0 Å². The van der Waals surface area contributed by atoms with E-state index in [0.717, 1.165) is 18.5 Å². The van der Waals surface area contributed by atoms with E-state index in [0.29, 0.717) is 23.6 Å². The van der Waals surface area contributed by atoms with Gasteiger partial charge in [0.15, 0.2) is 0 Å². The van der Waals surface area contributed by atoms with Crippen LogP contribution in [-0.4, -0.2) is 32.6 Å². The van der Waals surface area contributed by atoms with Crippen LogP contribution >= 0.6 is 11.3 Å². The van der Waals surface area contributed by atoms with Crippen LogP contribution in [0.25, 0.3) is 0 Å². The first-order chi connectivity index (χ1) is 14.7. The quantitative estimate of drug-likeness (QED) is 0.577. The van der Waals surface area contributed by atoms with Crippen molar-refractivity contribution in [2.75, 3.05) is 5.32 Å². The Morgan fingerprint density at radius 2 is 2.13 bits per heavy atom. The molecule has 1 aliphatic carbocycles. The first-order valence-corrected chi connectivity index (χ1v) is 10.8. The zero-order valence-electron chi connectivity index (χ0n) is 16.4. The average Bonchev–Trinajstić information content (AvgIpc) is 3.50. The molecule has 0 atom stereocenters. The van der Waals surface area contributed by atoms with Gasteiger partial charge in [-0.05, 0) is 31.0 Å². The molecule has 1 fully saturated rings. The van der Waals surface area contributed by atoms with Crippen molar-refractivity contribution < 1.29 is 14.3 Å². The van der Waals surface area contributed by atoms with Gasteiger partial charge in [0.05, 0.1) is 23.1 Å². The fourth-order valence-electron chi connectivity index (χ4n) is 3.40. The Morgan fingerprint density at radius 1 is 1.27 bits per heavy atom. The molecule has 1 saturated carbocycles. The van der Waals surface area contributed by atoms with Gasteiger partial charge in [-0.2, -0.15) is 5.10 Å². The van der Waals surface area contributed by atoms with Gasteiger partial charge in [0, 0.05) is 23.2 Å². The van der Waals surface area contributed by atoms with E-state index in [2.05, 4.69) is 20.7 Å². The molecule has 1 aromatic carbocycles. The van der Waals surface area contributed by atoms with Gasteiger partial charge in [-0.15, -0.1) is 11.3 Å². The molecule has 0 saturated heterocycles. The minimum Gasteiger partial charge on any atom is -0.487 e. The highest BCUT2D eigenvalue weighted by atomic mass is 32.1. The molecule has 0 unspecified atom stereocenters. The smallest absolute Gasteiger partial charge is 0.255 e. The van der Waals surface area contributed by atoms with E-state index in [4.69, 9.17) is 4.74 Å². The molecule has 30 heavy (non-hydrogen) atoms. The lowest BCUT2D eigenvalue weighted by molar-refractivity contribution is -0.122. The molecule has 3 aromatic rings. The molecular formula is C21H23N5O3S. The van der Waals surface area contributed by atoms with Gasteiger partial charge in [0.1, 0.15) is 18.9 Å². The fourth-order valence-corrected chi connectivity index (χ4v) is 3.94. The summed E-state index contributed by atoms with van der Waals surface area (Å²) in [5.41, 5.74) is 3.60. The minimum absolute atomic E-state index is 0.0622. The summed E-state index contributed by atoms with van der Waals surface area (Å²) < 4.78 is 7.22. The Labute approximate surface area is 178 Å². The summed E-state index contributed by atoms with van der Waals surface area (Å²) in [6.45, 7) is 0.483. The van der Waals surface area contributed by atoms with Gasteiger partial charge in [-0.3, -0.25) is 14.3 Å². The summed E-state index contributed by atoms with van der Waals surface area (Å²) in [5, 5.41) is 11.9. The number of carbonyl (C=O) groups excluding carboxylic acids is 2. The molecule has 4 rings (SSSR count). The first kappa shape index (κ1) is 20.1. The maximum Gasteiger partial charge on any atom is 0.255 e. The van der Waals surface area contributed by atoms with E-state index < -0.39 is 0 Å². The van der Waals surface area contributed by atoms with Crippen molar-refractivity contribution in [1.29, 1.82) is 0 Å². The number of thiazole rings is 1. The average molecular weight is 426 g/mol. The topological polar surface area (TPSA) is 98.1 Å². The molecule has 156 valence electrons. The highest BCUT2D eigenvalue weighted by Crippen LogP contribution is 2.18. The number of ether oxygens (including phenoxy) is 1. The number of benzene rings is 1. The third-order valence-corrected chi connectivity index (χ3v) is 5.52.